The summed E-state index contributed by atoms with van der Waals surface area (Å²) < 4.78 is 0. The minimum atomic E-state index is -1.50. The molecule has 0 aliphatic heterocycles. The Kier molecular flexibility index (Phi) is 9.65. The molecule has 0 rings (SSSR count). The first-order chi connectivity index (χ1) is 7.27. The number of carbonyl (C=O) groups is 2. The van der Waals surface area contributed by atoms with Gasteiger partial charge in [0.15, 0.2) is 0 Å². The smallest absolute Gasteiger partial charge is 0.320 e. The highest BCUT2D eigenvalue weighted by Crippen LogP contribution is 1.92. The molecule has 0 bridgehead atoms. The van der Waals surface area contributed by atoms with Crippen LogP contribution in [0.25, 0.3) is 0 Å². The molecular formula is C6H14N4O6. The Hall–Kier alpha value is -2.10. The highest BCUT2D eigenvalue weighted by Gasteiger charge is 2.09. The topological polar surface area (TPSA) is 182 Å². The van der Waals surface area contributed by atoms with E-state index in [4.69, 9.17) is 31.9 Å². The van der Waals surface area contributed by atoms with Gasteiger partial charge < -0.3 is 27.1 Å². The zero-order valence-electron chi connectivity index (χ0n) is 8.33. The second kappa shape index (κ2) is 9.45. The lowest BCUT2D eigenvalue weighted by atomic mass is 10.2. The zero-order valence-corrected chi connectivity index (χ0v) is 8.33. The maximum absolute atomic E-state index is 10.2. The fraction of sp³-hybridized carbons (Fsp3) is 0.667. The van der Waals surface area contributed by atoms with Gasteiger partial charge in [-0.05, 0) is 12.8 Å². The number of carboxylic acid groups (broad SMARTS) is 1. The van der Waals surface area contributed by atoms with Gasteiger partial charge in [-0.25, -0.2) is 4.79 Å². The van der Waals surface area contributed by atoms with Crippen molar-refractivity contribution in [3.8, 4) is 0 Å². The van der Waals surface area contributed by atoms with Crippen LogP contribution >= 0.6 is 0 Å². The number of carboxylic acids is 1. The van der Waals surface area contributed by atoms with Gasteiger partial charge in [-0.2, -0.15) is 0 Å². The maximum Gasteiger partial charge on any atom is 0.320 e. The number of nitrogens with zero attached hydrogens (tertiary/aromatic N) is 1. The summed E-state index contributed by atoms with van der Waals surface area (Å²) in [6.45, 7) is 0.357. The van der Waals surface area contributed by atoms with E-state index >= 15 is 0 Å². The number of aliphatic carboxylic acids is 1. The Bertz CT molecular complexity index is 241. The van der Waals surface area contributed by atoms with E-state index in [0.29, 0.717) is 19.4 Å². The largest absolute Gasteiger partial charge is 0.480 e. The number of primary amides is 1. The van der Waals surface area contributed by atoms with Crippen molar-refractivity contribution in [2.75, 3.05) is 6.54 Å². The Morgan fingerprint density at radius 2 is 1.94 bits per heavy atom. The van der Waals surface area contributed by atoms with Crippen molar-refractivity contribution in [3.63, 3.8) is 0 Å². The third-order valence-electron chi connectivity index (χ3n) is 1.31. The zero-order chi connectivity index (χ0) is 13.1. The minimum Gasteiger partial charge on any atom is -0.480 e. The highest BCUT2D eigenvalue weighted by atomic mass is 16.9. The Morgan fingerprint density at radius 3 is 2.25 bits per heavy atom. The van der Waals surface area contributed by atoms with E-state index in [0.717, 1.165) is 0 Å². The molecule has 0 aromatic rings. The molecule has 0 aliphatic carbocycles. The van der Waals surface area contributed by atoms with E-state index in [1.165, 1.54) is 0 Å². The number of amides is 2. The molecule has 94 valence electrons. The molecule has 0 saturated carbocycles. The SMILES string of the molecule is NC(=O)NCCCC(N)C(=O)O.O=[N+]([O-])O. The lowest BCUT2D eigenvalue weighted by Crippen LogP contribution is -2.33. The van der Waals surface area contributed by atoms with Gasteiger partial charge in [0.1, 0.15) is 6.04 Å². The van der Waals surface area contributed by atoms with Crippen LogP contribution in [-0.2, 0) is 4.79 Å². The summed E-state index contributed by atoms with van der Waals surface area (Å²) in [5.41, 5.74) is 9.96. The van der Waals surface area contributed by atoms with E-state index < -0.39 is 23.1 Å². The summed E-state index contributed by atoms with van der Waals surface area (Å²) >= 11 is 0. The summed E-state index contributed by atoms with van der Waals surface area (Å²) in [6, 6.07) is -1.47. The summed E-state index contributed by atoms with van der Waals surface area (Å²) in [7, 11) is 0. The molecular weight excluding hydrogens is 224 g/mol. The van der Waals surface area contributed by atoms with Crippen LogP contribution in [0.1, 0.15) is 12.8 Å². The third kappa shape index (κ3) is 17.8. The number of hydrogen-bond donors (Lipinski definition) is 5. The first kappa shape index (κ1) is 16.3. The lowest BCUT2D eigenvalue weighted by molar-refractivity contribution is -0.742. The van der Waals surface area contributed by atoms with Crippen molar-refractivity contribution in [2.24, 2.45) is 11.5 Å². The van der Waals surface area contributed by atoms with Gasteiger partial charge in [0.2, 0.25) is 0 Å². The monoisotopic (exact) mass is 238 g/mol. The van der Waals surface area contributed by atoms with Crippen molar-refractivity contribution in [1.82, 2.24) is 5.32 Å². The van der Waals surface area contributed by atoms with Crippen LogP contribution in [-0.4, -0.2) is 40.0 Å². The number of nitrogens with two attached hydrogens (primary N) is 2. The predicted octanol–water partition coefficient (Wildman–Crippen LogP) is -1.50. The molecule has 1 atom stereocenters. The maximum atomic E-state index is 10.2. The van der Waals surface area contributed by atoms with Gasteiger partial charge >= 0.3 is 12.0 Å². The van der Waals surface area contributed by atoms with Crippen molar-refractivity contribution < 1.29 is 25.0 Å². The fourth-order valence-corrected chi connectivity index (χ4v) is 0.657. The third-order valence-corrected chi connectivity index (χ3v) is 1.31. The molecule has 10 heteroatoms. The minimum absolute atomic E-state index is 0.329. The standard InChI is InChI=1S/C6H13N3O3.HNO3/c7-4(5(10)11)2-1-3-9-6(8)12;2-1(3)4/h4H,1-3,7H2,(H,10,11)(H3,8,9,12);(H,2,3,4). The molecule has 0 aromatic carbocycles. The number of hydrogen-bond acceptors (Lipinski definition) is 5. The van der Waals surface area contributed by atoms with Crippen molar-refractivity contribution >= 4 is 12.0 Å². The molecule has 0 radical (unpaired) electrons. The Labute approximate surface area is 90.3 Å². The lowest BCUT2D eigenvalue weighted by Gasteiger charge is -2.05. The molecule has 0 saturated heterocycles. The Balaban J connectivity index is 0. The molecule has 0 fully saturated rings. The van der Waals surface area contributed by atoms with E-state index in [2.05, 4.69) is 5.32 Å². The molecule has 0 aromatic heterocycles. The second-order valence-electron chi connectivity index (χ2n) is 2.62. The predicted molar refractivity (Wildman–Crippen MR) is 51.2 cm³/mol. The number of rotatable bonds is 5. The van der Waals surface area contributed by atoms with Gasteiger partial charge in [0, 0.05) is 6.54 Å². The fourth-order valence-electron chi connectivity index (χ4n) is 0.657. The molecule has 0 aliphatic rings. The number of carbonyl (C=O) groups excluding carboxylic acids is 1. The first-order valence-corrected chi connectivity index (χ1v) is 4.12. The number of nitrogens with one attached hydrogen (secondary N) is 1. The van der Waals surface area contributed by atoms with Crippen LogP contribution in [0.5, 0.6) is 0 Å². The molecule has 7 N–H and O–H groups in total. The van der Waals surface area contributed by atoms with E-state index in [-0.39, 0.29) is 0 Å². The highest BCUT2D eigenvalue weighted by molar-refractivity contribution is 5.73. The molecule has 2 amide bonds. The molecule has 1 unspecified atom stereocenters. The van der Waals surface area contributed by atoms with E-state index in [1.54, 1.807) is 0 Å². The molecule has 0 spiro atoms. The van der Waals surface area contributed by atoms with Crippen LogP contribution in [0.4, 0.5) is 4.79 Å². The van der Waals surface area contributed by atoms with Crippen molar-refractivity contribution in [2.45, 2.75) is 18.9 Å². The average Bonchev–Trinajstić information content (AvgIpc) is 2.10. The van der Waals surface area contributed by atoms with Crippen LogP contribution in [0.3, 0.4) is 0 Å². The molecule has 10 nitrogen and oxygen atoms in total. The van der Waals surface area contributed by atoms with Gasteiger partial charge in [-0.1, -0.05) is 0 Å². The summed E-state index contributed by atoms with van der Waals surface area (Å²) in [4.78, 5) is 28.7. The van der Waals surface area contributed by atoms with Gasteiger partial charge in [0.05, 0.1) is 0 Å². The summed E-state index contributed by atoms with van der Waals surface area (Å²) in [5.74, 6) is -1.03. The van der Waals surface area contributed by atoms with Gasteiger partial charge in [-0.3, -0.25) is 4.79 Å². The molecule has 16 heavy (non-hydrogen) atoms. The summed E-state index contributed by atoms with van der Waals surface area (Å²) in [5, 5.41) is 24.3. The quantitative estimate of drug-likeness (QED) is 0.219. The second-order valence-corrected chi connectivity index (χ2v) is 2.62. The first-order valence-electron chi connectivity index (χ1n) is 4.12. The van der Waals surface area contributed by atoms with Crippen LogP contribution in [0.15, 0.2) is 0 Å². The normalized spacial score (nSPS) is 10.6. The van der Waals surface area contributed by atoms with Crippen molar-refractivity contribution in [1.29, 1.82) is 0 Å². The van der Waals surface area contributed by atoms with Crippen molar-refractivity contribution in [3.05, 3.63) is 10.1 Å². The molecule has 0 heterocycles. The van der Waals surface area contributed by atoms with Crippen LogP contribution < -0.4 is 16.8 Å². The van der Waals surface area contributed by atoms with Gasteiger partial charge in [-0.15, -0.1) is 10.1 Å². The van der Waals surface area contributed by atoms with Gasteiger partial charge in [0.25, 0.3) is 5.09 Å². The van der Waals surface area contributed by atoms with E-state index in [1.807, 2.05) is 0 Å². The average molecular weight is 238 g/mol. The number of urea groups is 1. The Morgan fingerprint density at radius 1 is 1.50 bits per heavy atom. The van der Waals surface area contributed by atoms with Crippen LogP contribution in [0.2, 0.25) is 0 Å². The van der Waals surface area contributed by atoms with Crippen LogP contribution in [0, 0.1) is 10.1 Å². The summed E-state index contributed by atoms with van der Waals surface area (Å²) in [6.07, 6.45) is 0.839. The van der Waals surface area contributed by atoms with E-state index in [9.17, 15) is 9.59 Å².